The van der Waals surface area contributed by atoms with Crippen molar-refractivity contribution in [1.29, 1.82) is 0 Å². The Morgan fingerprint density at radius 2 is 1.74 bits per heavy atom. The molecule has 1 amide bonds. The van der Waals surface area contributed by atoms with Gasteiger partial charge in [0.1, 0.15) is 0 Å². The van der Waals surface area contributed by atoms with Crippen molar-refractivity contribution in [3.8, 4) is 11.3 Å². The molecule has 0 fully saturated rings. The van der Waals surface area contributed by atoms with Crippen molar-refractivity contribution in [3.05, 3.63) is 77.0 Å². The summed E-state index contributed by atoms with van der Waals surface area (Å²) in [5, 5.41) is 3.04. The van der Waals surface area contributed by atoms with Crippen molar-refractivity contribution < 1.29 is 4.79 Å². The summed E-state index contributed by atoms with van der Waals surface area (Å²) in [6, 6.07) is 13.4. The van der Waals surface area contributed by atoms with Gasteiger partial charge in [-0.25, -0.2) is 4.98 Å². The van der Waals surface area contributed by atoms with Gasteiger partial charge in [0.2, 0.25) is 0 Å². The maximum Gasteiger partial charge on any atom is 0.251 e. The van der Waals surface area contributed by atoms with E-state index in [1.165, 1.54) is 0 Å². The van der Waals surface area contributed by atoms with Crippen LogP contribution in [-0.4, -0.2) is 26.9 Å². The number of hydrogen-bond acceptors (Lipinski definition) is 4. The smallest absolute Gasteiger partial charge is 0.251 e. The summed E-state index contributed by atoms with van der Waals surface area (Å²) in [6.07, 6.45) is 2.45. The van der Waals surface area contributed by atoms with E-state index in [0.717, 1.165) is 34.0 Å². The fourth-order valence-electron chi connectivity index (χ4n) is 2.98. The normalized spacial score (nSPS) is 11.9. The Morgan fingerprint density at radius 3 is 2.44 bits per heavy atom. The van der Waals surface area contributed by atoms with Gasteiger partial charge >= 0.3 is 0 Å². The maximum atomic E-state index is 12.5. The van der Waals surface area contributed by atoms with E-state index in [9.17, 15) is 4.79 Å². The van der Waals surface area contributed by atoms with E-state index in [1.54, 1.807) is 6.20 Å². The number of nitrogens with zero attached hydrogens (tertiary/aromatic N) is 3. The number of benzene rings is 1. The van der Waals surface area contributed by atoms with Crippen molar-refractivity contribution >= 4 is 5.91 Å². The first-order chi connectivity index (χ1) is 12.9. The Bertz CT molecular complexity index is 951. The van der Waals surface area contributed by atoms with Gasteiger partial charge < -0.3 is 5.32 Å². The first kappa shape index (κ1) is 18.7. The van der Waals surface area contributed by atoms with Crippen LogP contribution in [0.4, 0.5) is 0 Å². The molecule has 0 spiro atoms. The highest BCUT2D eigenvalue weighted by molar-refractivity contribution is 5.94. The molecule has 5 nitrogen and oxygen atoms in total. The SMILES string of the molecule is Cc1cccc(C[C@H](C)NC(=O)c2ccc(-c3nc(C)cnc3C)cc2)n1. The molecule has 0 radical (unpaired) electrons. The molecule has 0 unspecified atom stereocenters. The van der Waals surface area contributed by atoms with Gasteiger partial charge in [-0.05, 0) is 52.0 Å². The van der Waals surface area contributed by atoms with Gasteiger partial charge in [0.05, 0.1) is 17.1 Å². The third kappa shape index (κ3) is 4.76. The number of hydrogen-bond donors (Lipinski definition) is 1. The average Bonchev–Trinajstić information content (AvgIpc) is 2.64. The molecule has 0 aliphatic heterocycles. The van der Waals surface area contributed by atoms with Crippen LogP contribution in [0.1, 0.15) is 40.1 Å². The first-order valence-corrected chi connectivity index (χ1v) is 9.06. The minimum absolute atomic E-state index is 0.00337. The van der Waals surface area contributed by atoms with Gasteiger partial charge in [0, 0.05) is 41.2 Å². The van der Waals surface area contributed by atoms with Crippen LogP contribution in [-0.2, 0) is 6.42 Å². The van der Waals surface area contributed by atoms with E-state index in [-0.39, 0.29) is 11.9 Å². The molecule has 1 N–H and O–H groups in total. The van der Waals surface area contributed by atoms with E-state index in [4.69, 9.17) is 0 Å². The molecule has 1 atom stereocenters. The van der Waals surface area contributed by atoms with Gasteiger partial charge in [0.25, 0.3) is 5.91 Å². The molecule has 2 aromatic heterocycles. The van der Waals surface area contributed by atoms with E-state index in [2.05, 4.69) is 20.3 Å². The lowest BCUT2D eigenvalue weighted by Gasteiger charge is -2.14. The van der Waals surface area contributed by atoms with Crippen LogP contribution in [0.5, 0.6) is 0 Å². The van der Waals surface area contributed by atoms with Crippen LogP contribution in [0.3, 0.4) is 0 Å². The molecule has 138 valence electrons. The van der Waals surface area contributed by atoms with E-state index < -0.39 is 0 Å². The predicted octanol–water partition coefficient (Wildman–Crippen LogP) is 3.82. The van der Waals surface area contributed by atoms with Crippen LogP contribution < -0.4 is 5.32 Å². The van der Waals surface area contributed by atoms with E-state index in [1.807, 2.05) is 70.2 Å². The molecule has 0 bridgehead atoms. The minimum atomic E-state index is -0.0891. The summed E-state index contributed by atoms with van der Waals surface area (Å²) in [6.45, 7) is 7.81. The number of aromatic nitrogens is 3. The Morgan fingerprint density at radius 1 is 1.00 bits per heavy atom. The molecule has 27 heavy (non-hydrogen) atoms. The van der Waals surface area contributed by atoms with Crippen molar-refractivity contribution in [2.24, 2.45) is 0 Å². The van der Waals surface area contributed by atoms with Gasteiger partial charge in [-0.15, -0.1) is 0 Å². The average molecular weight is 360 g/mol. The van der Waals surface area contributed by atoms with Crippen molar-refractivity contribution in [3.63, 3.8) is 0 Å². The third-order valence-electron chi connectivity index (χ3n) is 4.34. The molecular weight excluding hydrogens is 336 g/mol. The summed E-state index contributed by atoms with van der Waals surface area (Å²) < 4.78 is 0. The van der Waals surface area contributed by atoms with E-state index >= 15 is 0 Å². The fraction of sp³-hybridized carbons (Fsp3) is 0.273. The van der Waals surface area contributed by atoms with Gasteiger partial charge in [0.15, 0.2) is 0 Å². The summed E-state index contributed by atoms with van der Waals surface area (Å²) in [7, 11) is 0. The monoisotopic (exact) mass is 360 g/mol. The number of rotatable bonds is 5. The standard InChI is InChI=1S/C22H24N4O/c1-14-6-5-7-20(24-14)12-15(2)26-22(27)19-10-8-18(9-11-19)21-17(4)23-13-16(3)25-21/h5-11,13,15H,12H2,1-4H3,(H,26,27)/t15-/m0/s1. The summed E-state index contributed by atoms with van der Waals surface area (Å²) in [5.41, 5.74) is 6.13. The lowest BCUT2D eigenvalue weighted by molar-refractivity contribution is 0.0940. The van der Waals surface area contributed by atoms with Gasteiger partial charge in [-0.2, -0.15) is 0 Å². The largest absolute Gasteiger partial charge is 0.349 e. The number of aryl methyl sites for hydroxylation is 3. The zero-order valence-corrected chi connectivity index (χ0v) is 16.2. The fourth-order valence-corrected chi connectivity index (χ4v) is 2.98. The number of carbonyl (C=O) groups is 1. The molecule has 0 aliphatic rings. The minimum Gasteiger partial charge on any atom is -0.349 e. The predicted molar refractivity (Wildman–Crippen MR) is 107 cm³/mol. The second kappa shape index (κ2) is 8.08. The Labute approximate surface area is 159 Å². The zero-order chi connectivity index (χ0) is 19.4. The Kier molecular flexibility index (Phi) is 5.60. The number of carbonyl (C=O) groups excluding carboxylic acids is 1. The first-order valence-electron chi connectivity index (χ1n) is 9.06. The molecule has 0 aliphatic carbocycles. The molecule has 2 heterocycles. The van der Waals surface area contributed by atoms with Crippen LogP contribution >= 0.6 is 0 Å². The molecule has 3 rings (SSSR count). The Balaban J connectivity index is 1.67. The van der Waals surface area contributed by atoms with Gasteiger partial charge in [-0.3, -0.25) is 14.8 Å². The van der Waals surface area contributed by atoms with Crippen LogP contribution in [0.15, 0.2) is 48.7 Å². The number of nitrogens with one attached hydrogen (secondary N) is 1. The second-order valence-corrected chi connectivity index (χ2v) is 6.87. The quantitative estimate of drug-likeness (QED) is 0.751. The highest BCUT2D eigenvalue weighted by atomic mass is 16.1. The molecule has 1 aromatic carbocycles. The van der Waals surface area contributed by atoms with Crippen LogP contribution in [0.2, 0.25) is 0 Å². The molecular formula is C22H24N4O. The lowest BCUT2D eigenvalue weighted by atomic mass is 10.1. The topological polar surface area (TPSA) is 67.8 Å². The Hall–Kier alpha value is -3.08. The van der Waals surface area contributed by atoms with Crippen molar-refractivity contribution in [1.82, 2.24) is 20.3 Å². The summed E-state index contributed by atoms with van der Waals surface area (Å²) in [5.74, 6) is -0.0891. The highest BCUT2D eigenvalue weighted by Gasteiger charge is 2.12. The summed E-state index contributed by atoms with van der Waals surface area (Å²) in [4.78, 5) is 25.9. The highest BCUT2D eigenvalue weighted by Crippen LogP contribution is 2.20. The van der Waals surface area contributed by atoms with Crippen molar-refractivity contribution in [2.45, 2.75) is 40.2 Å². The maximum absolute atomic E-state index is 12.5. The number of amides is 1. The van der Waals surface area contributed by atoms with Gasteiger partial charge in [-0.1, -0.05) is 18.2 Å². The zero-order valence-electron chi connectivity index (χ0n) is 16.2. The summed E-state index contributed by atoms with van der Waals surface area (Å²) >= 11 is 0. The van der Waals surface area contributed by atoms with Crippen molar-refractivity contribution in [2.75, 3.05) is 0 Å². The molecule has 0 saturated carbocycles. The van der Waals surface area contributed by atoms with Crippen LogP contribution in [0.25, 0.3) is 11.3 Å². The number of pyridine rings is 1. The third-order valence-corrected chi connectivity index (χ3v) is 4.34. The second-order valence-electron chi connectivity index (χ2n) is 6.87. The van der Waals surface area contributed by atoms with Crippen LogP contribution in [0, 0.1) is 20.8 Å². The van der Waals surface area contributed by atoms with E-state index in [0.29, 0.717) is 12.0 Å². The molecule has 3 aromatic rings. The molecule has 5 heteroatoms. The lowest BCUT2D eigenvalue weighted by Crippen LogP contribution is -2.34. The molecule has 0 saturated heterocycles.